The lowest BCUT2D eigenvalue weighted by Gasteiger charge is -2.35. The molecule has 1 aliphatic rings. The summed E-state index contributed by atoms with van der Waals surface area (Å²) in [5, 5.41) is 11.0. The van der Waals surface area contributed by atoms with Crippen LogP contribution in [-0.2, 0) is 4.74 Å². The highest BCUT2D eigenvalue weighted by atomic mass is 16.6. The van der Waals surface area contributed by atoms with E-state index in [0.717, 1.165) is 0 Å². The highest BCUT2D eigenvalue weighted by molar-refractivity contribution is 5.69. The quantitative estimate of drug-likeness (QED) is 0.613. The lowest BCUT2D eigenvalue weighted by molar-refractivity contribution is -0.384. The topological polar surface area (TPSA) is 88.8 Å². The van der Waals surface area contributed by atoms with Gasteiger partial charge in [-0.05, 0) is 26.8 Å². The molecule has 1 aliphatic heterocycles. The Hall–Kier alpha value is -2.38. The van der Waals surface area contributed by atoms with Crippen molar-refractivity contribution < 1.29 is 14.5 Å². The fraction of sp³-hybridized carbons (Fsp3) is 0.571. The van der Waals surface area contributed by atoms with Crippen molar-refractivity contribution in [1.82, 2.24) is 9.88 Å². The van der Waals surface area contributed by atoms with Crippen LogP contribution >= 0.6 is 0 Å². The Labute approximate surface area is 128 Å². The van der Waals surface area contributed by atoms with Gasteiger partial charge in [-0.15, -0.1) is 0 Å². The average molecular weight is 308 g/mol. The minimum Gasteiger partial charge on any atom is -0.444 e. The number of carbonyl (C=O) groups excluding carboxylic acids is 1. The first-order valence-electron chi connectivity index (χ1n) is 7.10. The van der Waals surface area contributed by atoms with Crippen molar-refractivity contribution in [3.63, 3.8) is 0 Å². The highest BCUT2D eigenvalue weighted by Gasteiger charge is 2.28. The van der Waals surface area contributed by atoms with E-state index in [1.807, 2.05) is 25.7 Å². The standard InChI is InChI=1S/C14H20N4O4/c1-14(2,3)22-13(19)17-9-7-16(8-10-17)12-11(18(20)21)5-4-6-15-12/h4-6H,7-10H2,1-3H3. The molecule has 22 heavy (non-hydrogen) atoms. The molecule has 120 valence electrons. The molecule has 2 heterocycles. The SMILES string of the molecule is CC(C)(C)OC(=O)N1CCN(c2ncccc2[N+](=O)[O-])CC1. The number of nitrogens with zero attached hydrogens (tertiary/aromatic N) is 4. The van der Waals surface area contributed by atoms with Crippen LogP contribution in [0.3, 0.4) is 0 Å². The van der Waals surface area contributed by atoms with Gasteiger partial charge in [0, 0.05) is 38.4 Å². The summed E-state index contributed by atoms with van der Waals surface area (Å²) in [7, 11) is 0. The molecule has 0 saturated carbocycles. The lowest BCUT2D eigenvalue weighted by Crippen LogP contribution is -2.50. The predicted octanol–water partition coefficient (Wildman–Crippen LogP) is 2.05. The number of aromatic nitrogens is 1. The maximum absolute atomic E-state index is 12.0. The molecular weight excluding hydrogens is 288 g/mol. The first kappa shape index (κ1) is 16.0. The zero-order valence-electron chi connectivity index (χ0n) is 13.0. The third-order valence-corrected chi connectivity index (χ3v) is 3.19. The van der Waals surface area contributed by atoms with Crippen LogP contribution in [0.5, 0.6) is 0 Å². The summed E-state index contributed by atoms with van der Waals surface area (Å²) in [6.07, 6.45) is 1.17. The van der Waals surface area contributed by atoms with Crippen LogP contribution in [0, 0.1) is 10.1 Å². The molecule has 1 aromatic heterocycles. The van der Waals surface area contributed by atoms with Crippen molar-refractivity contribution in [2.24, 2.45) is 0 Å². The van der Waals surface area contributed by atoms with Crippen LogP contribution in [-0.4, -0.2) is 52.7 Å². The summed E-state index contributed by atoms with van der Waals surface area (Å²) in [4.78, 5) is 30.1. The molecule has 0 spiro atoms. The van der Waals surface area contributed by atoms with E-state index >= 15 is 0 Å². The predicted molar refractivity (Wildman–Crippen MR) is 80.9 cm³/mol. The van der Waals surface area contributed by atoms with E-state index in [-0.39, 0.29) is 11.8 Å². The van der Waals surface area contributed by atoms with Gasteiger partial charge in [0.2, 0.25) is 5.82 Å². The Kier molecular flexibility index (Phi) is 4.48. The van der Waals surface area contributed by atoms with Gasteiger partial charge in [-0.1, -0.05) is 0 Å². The minimum absolute atomic E-state index is 0.0202. The fourth-order valence-electron chi connectivity index (χ4n) is 2.20. The number of hydrogen-bond donors (Lipinski definition) is 0. The summed E-state index contributed by atoms with van der Waals surface area (Å²) in [6, 6.07) is 2.97. The van der Waals surface area contributed by atoms with E-state index in [1.165, 1.54) is 12.3 Å². The molecule has 1 amide bonds. The number of anilines is 1. The van der Waals surface area contributed by atoms with E-state index in [1.54, 1.807) is 11.0 Å². The molecule has 0 aliphatic carbocycles. The number of pyridine rings is 1. The van der Waals surface area contributed by atoms with Gasteiger partial charge in [-0.2, -0.15) is 0 Å². The third-order valence-electron chi connectivity index (χ3n) is 3.19. The number of nitro groups is 1. The first-order chi connectivity index (χ1) is 10.3. The number of hydrogen-bond acceptors (Lipinski definition) is 6. The Morgan fingerprint density at radius 1 is 1.32 bits per heavy atom. The molecule has 2 rings (SSSR count). The molecule has 1 saturated heterocycles. The Morgan fingerprint density at radius 2 is 1.95 bits per heavy atom. The average Bonchev–Trinajstić information content (AvgIpc) is 2.45. The van der Waals surface area contributed by atoms with Gasteiger partial charge in [-0.3, -0.25) is 10.1 Å². The number of carbonyl (C=O) groups is 1. The van der Waals surface area contributed by atoms with Crippen LogP contribution < -0.4 is 4.90 Å². The van der Waals surface area contributed by atoms with Gasteiger partial charge in [0.25, 0.3) is 0 Å². The molecule has 0 aromatic carbocycles. The van der Waals surface area contributed by atoms with Gasteiger partial charge >= 0.3 is 11.8 Å². The molecule has 8 heteroatoms. The van der Waals surface area contributed by atoms with Gasteiger partial charge < -0.3 is 14.5 Å². The largest absolute Gasteiger partial charge is 0.444 e. The van der Waals surface area contributed by atoms with E-state index in [9.17, 15) is 14.9 Å². The molecule has 0 N–H and O–H groups in total. The zero-order valence-corrected chi connectivity index (χ0v) is 13.0. The number of amides is 1. The molecule has 0 atom stereocenters. The van der Waals surface area contributed by atoms with Crippen molar-refractivity contribution in [2.75, 3.05) is 31.1 Å². The maximum atomic E-state index is 12.0. The number of ether oxygens (including phenoxy) is 1. The molecule has 1 aromatic rings. The van der Waals surface area contributed by atoms with Gasteiger partial charge in [-0.25, -0.2) is 9.78 Å². The van der Waals surface area contributed by atoms with Crippen molar-refractivity contribution in [1.29, 1.82) is 0 Å². The first-order valence-corrected chi connectivity index (χ1v) is 7.10. The summed E-state index contributed by atoms with van der Waals surface area (Å²) in [5.41, 5.74) is -0.554. The Bertz CT molecular complexity index is 562. The van der Waals surface area contributed by atoms with Crippen LogP contribution in [0.4, 0.5) is 16.3 Å². The number of rotatable bonds is 2. The minimum atomic E-state index is -0.534. The normalized spacial score (nSPS) is 15.6. The molecular formula is C14H20N4O4. The zero-order chi connectivity index (χ0) is 16.3. The van der Waals surface area contributed by atoms with Gasteiger partial charge in [0.15, 0.2) is 0 Å². The molecule has 0 unspecified atom stereocenters. The molecule has 8 nitrogen and oxygen atoms in total. The highest BCUT2D eigenvalue weighted by Crippen LogP contribution is 2.25. The van der Waals surface area contributed by atoms with E-state index in [2.05, 4.69) is 4.98 Å². The van der Waals surface area contributed by atoms with Gasteiger partial charge in [0.1, 0.15) is 5.60 Å². The third kappa shape index (κ3) is 3.84. The smallest absolute Gasteiger partial charge is 0.410 e. The Balaban J connectivity index is 2.01. The second-order valence-electron chi connectivity index (χ2n) is 6.06. The summed E-state index contributed by atoms with van der Waals surface area (Å²) < 4.78 is 5.32. The number of piperazine rings is 1. The van der Waals surface area contributed by atoms with E-state index < -0.39 is 10.5 Å². The monoisotopic (exact) mass is 308 g/mol. The molecule has 1 fully saturated rings. The summed E-state index contributed by atoms with van der Waals surface area (Å²) in [5.74, 6) is 0.344. The fourth-order valence-corrected chi connectivity index (χ4v) is 2.20. The lowest BCUT2D eigenvalue weighted by atomic mass is 10.2. The van der Waals surface area contributed by atoms with Crippen LogP contribution in [0.25, 0.3) is 0 Å². The summed E-state index contributed by atoms with van der Waals surface area (Å²) in [6.45, 7) is 7.31. The van der Waals surface area contributed by atoms with Crippen LogP contribution in [0.1, 0.15) is 20.8 Å². The van der Waals surface area contributed by atoms with E-state index in [0.29, 0.717) is 32.0 Å². The molecule has 0 bridgehead atoms. The Morgan fingerprint density at radius 3 is 2.50 bits per heavy atom. The van der Waals surface area contributed by atoms with Gasteiger partial charge in [0.05, 0.1) is 4.92 Å². The van der Waals surface area contributed by atoms with Crippen molar-refractivity contribution in [2.45, 2.75) is 26.4 Å². The van der Waals surface area contributed by atoms with Crippen molar-refractivity contribution in [3.05, 3.63) is 28.4 Å². The van der Waals surface area contributed by atoms with Crippen molar-refractivity contribution >= 4 is 17.6 Å². The van der Waals surface area contributed by atoms with Crippen molar-refractivity contribution in [3.8, 4) is 0 Å². The van der Waals surface area contributed by atoms with Crippen LogP contribution in [0.2, 0.25) is 0 Å². The maximum Gasteiger partial charge on any atom is 0.410 e. The second-order valence-corrected chi connectivity index (χ2v) is 6.06. The summed E-state index contributed by atoms with van der Waals surface area (Å²) >= 11 is 0. The second kappa shape index (κ2) is 6.17. The van der Waals surface area contributed by atoms with E-state index in [4.69, 9.17) is 4.74 Å². The molecule has 0 radical (unpaired) electrons. The van der Waals surface area contributed by atoms with Crippen LogP contribution in [0.15, 0.2) is 18.3 Å².